The molecule has 3 aromatic carbocycles. The molecule has 0 saturated heterocycles. The highest BCUT2D eigenvalue weighted by molar-refractivity contribution is 6.01. The van der Waals surface area contributed by atoms with Crippen LogP contribution in [-0.4, -0.2) is 42.1 Å². The first-order chi connectivity index (χ1) is 17.5. The Hall–Kier alpha value is -4.26. The van der Waals surface area contributed by atoms with Gasteiger partial charge in [0.05, 0.1) is 31.0 Å². The molecule has 184 valence electrons. The van der Waals surface area contributed by atoms with Gasteiger partial charge in [-0.15, -0.1) is 0 Å². The molecule has 36 heavy (non-hydrogen) atoms. The Morgan fingerprint density at radius 1 is 1.08 bits per heavy atom. The van der Waals surface area contributed by atoms with Crippen molar-refractivity contribution in [2.24, 2.45) is 0 Å². The maximum absolute atomic E-state index is 13.7. The number of esters is 1. The Morgan fingerprint density at radius 2 is 1.86 bits per heavy atom. The highest BCUT2D eigenvalue weighted by Gasteiger charge is 2.35. The van der Waals surface area contributed by atoms with Crippen LogP contribution < -0.4 is 10.1 Å². The molecule has 0 radical (unpaired) electrons. The van der Waals surface area contributed by atoms with Gasteiger partial charge in [-0.25, -0.2) is 9.59 Å². The lowest BCUT2D eigenvalue weighted by Gasteiger charge is -2.36. The second-order valence-corrected chi connectivity index (χ2v) is 8.88. The average molecular weight is 484 g/mol. The van der Waals surface area contributed by atoms with Gasteiger partial charge in [-0.3, -0.25) is 0 Å². The molecule has 7 nitrogen and oxygen atoms in total. The number of aromatic nitrogens is 1. The summed E-state index contributed by atoms with van der Waals surface area (Å²) in [5, 5.41) is 4.07. The predicted octanol–water partition coefficient (Wildman–Crippen LogP) is 5.84. The topological polar surface area (TPSA) is 83.7 Å². The number of rotatable bonds is 5. The Bertz CT molecular complexity index is 1420. The van der Waals surface area contributed by atoms with Crippen LogP contribution in [0.1, 0.15) is 45.7 Å². The first-order valence-corrected chi connectivity index (χ1v) is 12.1. The summed E-state index contributed by atoms with van der Waals surface area (Å²) in [5.41, 5.74) is 6.09. The summed E-state index contributed by atoms with van der Waals surface area (Å²) in [5.74, 6) is 0.334. The number of nitrogens with one attached hydrogen (secondary N) is 2. The van der Waals surface area contributed by atoms with E-state index >= 15 is 0 Å². The molecule has 1 aromatic heterocycles. The molecule has 1 unspecified atom stereocenters. The van der Waals surface area contributed by atoms with Gasteiger partial charge in [0.15, 0.2) is 0 Å². The third kappa shape index (κ3) is 4.28. The zero-order valence-corrected chi connectivity index (χ0v) is 20.6. The summed E-state index contributed by atoms with van der Waals surface area (Å²) in [6, 6.07) is 20.5. The van der Waals surface area contributed by atoms with Crippen molar-refractivity contribution in [3.8, 4) is 5.75 Å². The van der Waals surface area contributed by atoms with Crippen LogP contribution in [0.15, 0.2) is 66.7 Å². The fourth-order valence-corrected chi connectivity index (χ4v) is 4.87. The lowest BCUT2D eigenvalue weighted by molar-refractivity contribution is 0.0527. The van der Waals surface area contributed by atoms with E-state index in [0.717, 1.165) is 33.5 Å². The van der Waals surface area contributed by atoms with Crippen molar-refractivity contribution in [3.05, 3.63) is 94.7 Å². The van der Waals surface area contributed by atoms with Crippen LogP contribution in [0.2, 0.25) is 0 Å². The Labute approximate surface area is 210 Å². The minimum atomic E-state index is -0.464. The number of para-hydroxylation sites is 1. The highest BCUT2D eigenvalue weighted by Crippen LogP contribution is 2.39. The lowest BCUT2D eigenvalue weighted by atomic mass is 9.92. The number of nitrogens with zero attached hydrogens (tertiary/aromatic N) is 1. The number of carbonyl (C=O) groups excluding carboxylic acids is 2. The maximum Gasteiger partial charge on any atom is 0.340 e. The van der Waals surface area contributed by atoms with E-state index in [1.165, 1.54) is 5.56 Å². The van der Waals surface area contributed by atoms with Gasteiger partial charge < -0.3 is 24.7 Å². The van der Waals surface area contributed by atoms with Crippen LogP contribution in [0.25, 0.3) is 10.9 Å². The Balaban J connectivity index is 1.55. The van der Waals surface area contributed by atoms with E-state index in [1.54, 1.807) is 38.3 Å². The second kappa shape index (κ2) is 9.77. The maximum atomic E-state index is 13.7. The van der Waals surface area contributed by atoms with Crippen molar-refractivity contribution in [3.63, 3.8) is 0 Å². The quantitative estimate of drug-likeness (QED) is 0.349. The van der Waals surface area contributed by atoms with Crippen LogP contribution in [0, 0.1) is 6.92 Å². The third-order valence-electron chi connectivity index (χ3n) is 6.65. The van der Waals surface area contributed by atoms with E-state index in [9.17, 15) is 9.59 Å². The lowest BCUT2D eigenvalue weighted by Crippen LogP contribution is -2.43. The molecule has 0 bridgehead atoms. The normalized spacial score (nSPS) is 14.9. The molecule has 7 heteroatoms. The highest BCUT2D eigenvalue weighted by atomic mass is 16.5. The number of aromatic amines is 1. The molecular formula is C29H29N3O4. The molecule has 2 amide bonds. The van der Waals surface area contributed by atoms with Crippen molar-refractivity contribution in [1.82, 2.24) is 9.88 Å². The number of anilines is 1. The number of urea groups is 1. The number of fused-ring (bicyclic) bond motifs is 3. The molecule has 2 N–H and O–H groups in total. The van der Waals surface area contributed by atoms with E-state index in [-0.39, 0.29) is 18.7 Å². The summed E-state index contributed by atoms with van der Waals surface area (Å²) in [4.78, 5) is 31.6. The molecule has 1 aliphatic rings. The largest absolute Gasteiger partial charge is 0.497 e. The van der Waals surface area contributed by atoms with Crippen LogP contribution in [0.4, 0.5) is 10.5 Å². The number of aryl methyl sites for hydroxylation is 1. The summed E-state index contributed by atoms with van der Waals surface area (Å²) >= 11 is 0. The fourth-order valence-electron chi connectivity index (χ4n) is 4.87. The zero-order chi connectivity index (χ0) is 25.2. The smallest absolute Gasteiger partial charge is 0.340 e. The second-order valence-electron chi connectivity index (χ2n) is 8.88. The monoisotopic (exact) mass is 483 g/mol. The van der Waals surface area contributed by atoms with Crippen molar-refractivity contribution in [2.45, 2.75) is 26.3 Å². The molecule has 2 heterocycles. The number of ether oxygens (including phenoxy) is 2. The van der Waals surface area contributed by atoms with Gasteiger partial charge in [-0.05, 0) is 61.7 Å². The Kier molecular flexibility index (Phi) is 6.38. The van der Waals surface area contributed by atoms with Gasteiger partial charge in [-0.1, -0.05) is 42.0 Å². The van der Waals surface area contributed by atoms with Crippen molar-refractivity contribution >= 4 is 28.6 Å². The first kappa shape index (κ1) is 23.5. The number of amides is 2. The number of carbonyl (C=O) groups is 2. The number of hydrogen-bond donors (Lipinski definition) is 2. The minimum Gasteiger partial charge on any atom is -0.497 e. The molecule has 0 aliphatic carbocycles. The standard InChI is InChI=1S/C29H29N3O4/c1-4-36-28(33)22-7-5-6-8-24(22)31-29(34)32-16-15-21-23-17-20(35-3)13-14-25(23)30-26(21)27(32)19-11-9-18(2)10-12-19/h5-14,17,27,30H,4,15-16H2,1-3H3,(H,31,34). The minimum absolute atomic E-state index is 0.261. The zero-order valence-electron chi connectivity index (χ0n) is 20.6. The predicted molar refractivity (Wildman–Crippen MR) is 140 cm³/mol. The number of hydrogen-bond acceptors (Lipinski definition) is 4. The molecule has 0 fully saturated rings. The summed E-state index contributed by atoms with van der Waals surface area (Å²) in [6.45, 7) is 4.58. The van der Waals surface area contributed by atoms with Crippen molar-refractivity contribution in [1.29, 1.82) is 0 Å². The number of H-pyrrole nitrogens is 1. The van der Waals surface area contributed by atoms with E-state index in [1.807, 2.05) is 30.0 Å². The van der Waals surface area contributed by atoms with Crippen LogP contribution >= 0.6 is 0 Å². The summed E-state index contributed by atoms with van der Waals surface area (Å²) < 4.78 is 10.6. The van der Waals surface area contributed by atoms with Gasteiger partial charge in [-0.2, -0.15) is 0 Å². The Morgan fingerprint density at radius 3 is 2.61 bits per heavy atom. The summed E-state index contributed by atoms with van der Waals surface area (Å²) in [6.07, 6.45) is 0.692. The van der Waals surface area contributed by atoms with Crippen molar-refractivity contribution in [2.75, 3.05) is 25.6 Å². The number of benzene rings is 3. The molecule has 4 aromatic rings. The number of methoxy groups -OCH3 is 1. The van der Waals surface area contributed by atoms with Gasteiger partial charge >= 0.3 is 12.0 Å². The van der Waals surface area contributed by atoms with Crippen molar-refractivity contribution < 1.29 is 19.1 Å². The molecule has 5 rings (SSSR count). The molecule has 1 aliphatic heterocycles. The van der Waals surface area contributed by atoms with Crippen LogP contribution in [0.3, 0.4) is 0 Å². The molecule has 1 atom stereocenters. The SMILES string of the molecule is CCOC(=O)c1ccccc1NC(=O)N1CCc2c([nH]c3ccc(OC)cc23)C1c1ccc(C)cc1. The van der Waals surface area contributed by atoms with E-state index in [4.69, 9.17) is 9.47 Å². The van der Waals surface area contributed by atoms with Gasteiger partial charge in [0.2, 0.25) is 0 Å². The van der Waals surface area contributed by atoms with Crippen LogP contribution in [-0.2, 0) is 11.2 Å². The van der Waals surface area contributed by atoms with Gasteiger partial charge in [0.25, 0.3) is 0 Å². The molecule has 0 spiro atoms. The first-order valence-electron chi connectivity index (χ1n) is 12.1. The van der Waals surface area contributed by atoms with Crippen LogP contribution in [0.5, 0.6) is 5.75 Å². The van der Waals surface area contributed by atoms with E-state index in [0.29, 0.717) is 24.2 Å². The third-order valence-corrected chi connectivity index (χ3v) is 6.65. The van der Waals surface area contributed by atoms with Gasteiger partial charge in [0, 0.05) is 23.1 Å². The van der Waals surface area contributed by atoms with E-state index in [2.05, 4.69) is 34.6 Å². The molecule has 0 saturated carbocycles. The molecular weight excluding hydrogens is 454 g/mol. The fraction of sp³-hybridized carbons (Fsp3) is 0.241. The average Bonchev–Trinajstić information content (AvgIpc) is 3.27. The van der Waals surface area contributed by atoms with Gasteiger partial charge in [0.1, 0.15) is 5.75 Å². The van der Waals surface area contributed by atoms with E-state index < -0.39 is 5.97 Å². The summed E-state index contributed by atoms with van der Waals surface area (Å²) in [7, 11) is 1.66.